The number of rotatable bonds is 3. The maximum atomic E-state index is 12.3. The Morgan fingerprint density at radius 1 is 1.04 bits per heavy atom. The van der Waals surface area contributed by atoms with E-state index in [2.05, 4.69) is 15.2 Å². The van der Waals surface area contributed by atoms with E-state index in [-0.39, 0.29) is 11.5 Å². The molecule has 1 aromatic carbocycles. The fourth-order valence-electron chi connectivity index (χ4n) is 2.75. The molecule has 25 heavy (non-hydrogen) atoms. The molecule has 0 saturated carbocycles. The number of benzene rings is 1. The van der Waals surface area contributed by atoms with Gasteiger partial charge in [0.05, 0.1) is 16.6 Å². The van der Waals surface area contributed by atoms with Crippen molar-refractivity contribution >= 4 is 16.8 Å². The van der Waals surface area contributed by atoms with Crippen molar-refractivity contribution in [1.82, 2.24) is 19.7 Å². The van der Waals surface area contributed by atoms with Gasteiger partial charge in [-0.3, -0.25) is 19.1 Å². The van der Waals surface area contributed by atoms with Gasteiger partial charge >= 0.3 is 0 Å². The molecule has 0 unspecified atom stereocenters. The minimum atomic E-state index is -0.250. The number of carbonyl (C=O) groups excluding carboxylic acids is 1. The fraction of sp³-hybridized carbons (Fsp3) is 0.0526. The normalized spacial score (nSPS) is 10.9. The van der Waals surface area contributed by atoms with Crippen LogP contribution in [-0.2, 0) is 6.42 Å². The molecule has 3 heterocycles. The SMILES string of the molecule is O=C(c1ccc(Cc2n[nH]c(=O)c3cccnc23)cc1)n1cccc1. The molecule has 1 N–H and O–H groups in total. The highest BCUT2D eigenvalue weighted by molar-refractivity contribution is 5.95. The maximum absolute atomic E-state index is 12.3. The Hall–Kier alpha value is -3.54. The Morgan fingerprint density at radius 2 is 1.80 bits per heavy atom. The van der Waals surface area contributed by atoms with E-state index in [1.54, 1.807) is 42.9 Å². The molecule has 0 aliphatic rings. The summed E-state index contributed by atoms with van der Waals surface area (Å²) < 4.78 is 1.54. The highest BCUT2D eigenvalue weighted by atomic mass is 16.2. The van der Waals surface area contributed by atoms with Gasteiger partial charge in [0, 0.05) is 30.6 Å². The molecule has 0 aliphatic carbocycles. The molecule has 6 heteroatoms. The Labute approximate surface area is 142 Å². The average Bonchev–Trinajstić information content (AvgIpc) is 3.19. The Balaban J connectivity index is 1.63. The molecule has 0 saturated heterocycles. The first-order chi connectivity index (χ1) is 12.2. The van der Waals surface area contributed by atoms with E-state index in [1.165, 1.54) is 4.57 Å². The minimum Gasteiger partial charge on any atom is -0.291 e. The summed E-state index contributed by atoms with van der Waals surface area (Å²) >= 11 is 0. The molecule has 0 fully saturated rings. The van der Waals surface area contributed by atoms with Crippen LogP contribution in [0.15, 0.2) is 71.9 Å². The maximum Gasteiger partial charge on any atom is 0.273 e. The molecular weight excluding hydrogens is 316 g/mol. The third kappa shape index (κ3) is 2.85. The number of fused-ring (bicyclic) bond motifs is 1. The zero-order valence-corrected chi connectivity index (χ0v) is 13.2. The average molecular weight is 330 g/mol. The third-order valence-electron chi connectivity index (χ3n) is 4.03. The number of nitrogens with one attached hydrogen (secondary N) is 1. The van der Waals surface area contributed by atoms with Crippen molar-refractivity contribution < 1.29 is 4.79 Å². The fourth-order valence-corrected chi connectivity index (χ4v) is 2.75. The van der Waals surface area contributed by atoms with Crippen LogP contribution in [0, 0.1) is 0 Å². The van der Waals surface area contributed by atoms with Crippen LogP contribution in [0.3, 0.4) is 0 Å². The van der Waals surface area contributed by atoms with Gasteiger partial charge in [0.15, 0.2) is 0 Å². The van der Waals surface area contributed by atoms with Crippen LogP contribution < -0.4 is 5.56 Å². The van der Waals surface area contributed by atoms with Crippen molar-refractivity contribution in [2.24, 2.45) is 0 Å². The lowest BCUT2D eigenvalue weighted by Gasteiger charge is -2.06. The van der Waals surface area contributed by atoms with Crippen LogP contribution in [0.4, 0.5) is 0 Å². The Bertz CT molecular complexity index is 1100. The molecule has 0 atom stereocenters. The van der Waals surface area contributed by atoms with Gasteiger partial charge in [-0.1, -0.05) is 12.1 Å². The largest absolute Gasteiger partial charge is 0.291 e. The number of hydrogen-bond acceptors (Lipinski definition) is 4. The van der Waals surface area contributed by atoms with Crippen molar-refractivity contribution in [2.45, 2.75) is 6.42 Å². The van der Waals surface area contributed by atoms with Gasteiger partial charge in [0.2, 0.25) is 0 Å². The first-order valence-electron chi connectivity index (χ1n) is 7.81. The summed E-state index contributed by atoms with van der Waals surface area (Å²) in [4.78, 5) is 28.4. The summed E-state index contributed by atoms with van der Waals surface area (Å²) in [5.74, 6) is -0.0779. The summed E-state index contributed by atoms with van der Waals surface area (Å²) in [7, 11) is 0. The van der Waals surface area contributed by atoms with Gasteiger partial charge in [-0.15, -0.1) is 0 Å². The van der Waals surface area contributed by atoms with Gasteiger partial charge in [-0.2, -0.15) is 5.10 Å². The number of H-pyrrole nitrogens is 1. The molecule has 0 bridgehead atoms. The van der Waals surface area contributed by atoms with Gasteiger partial charge < -0.3 is 0 Å². The number of nitrogens with zero attached hydrogens (tertiary/aromatic N) is 3. The van der Waals surface area contributed by atoms with Gasteiger partial charge in [0.25, 0.3) is 11.5 Å². The predicted octanol–water partition coefficient (Wildman–Crippen LogP) is 2.40. The topological polar surface area (TPSA) is 80.6 Å². The smallest absolute Gasteiger partial charge is 0.273 e. The van der Waals surface area contributed by atoms with Gasteiger partial charge in [-0.25, -0.2) is 5.10 Å². The van der Waals surface area contributed by atoms with Crippen LogP contribution in [-0.4, -0.2) is 25.7 Å². The van der Waals surface area contributed by atoms with E-state index >= 15 is 0 Å². The monoisotopic (exact) mass is 330 g/mol. The molecular formula is C19H14N4O2. The van der Waals surface area contributed by atoms with Crippen molar-refractivity contribution in [3.8, 4) is 0 Å². The first kappa shape index (κ1) is 15.0. The third-order valence-corrected chi connectivity index (χ3v) is 4.03. The lowest BCUT2D eigenvalue weighted by Crippen LogP contribution is -2.12. The molecule has 4 rings (SSSR count). The highest BCUT2D eigenvalue weighted by Crippen LogP contribution is 2.15. The predicted molar refractivity (Wildman–Crippen MR) is 93.6 cm³/mol. The van der Waals surface area contributed by atoms with Crippen molar-refractivity contribution in [1.29, 1.82) is 0 Å². The number of aromatic nitrogens is 4. The summed E-state index contributed by atoms with van der Waals surface area (Å²) in [6.45, 7) is 0. The molecule has 0 radical (unpaired) electrons. The van der Waals surface area contributed by atoms with E-state index in [0.717, 1.165) is 5.56 Å². The number of pyridine rings is 1. The van der Waals surface area contributed by atoms with Gasteiger partial charge in [0.1, 0.15) is 0 Å². The first-order valence-corrected chi connectivity index (χ1v) is 7.81. The van der Waals surface area contributed by atoms with Crippen LogP contribution in [0.5, 0.6) is 0 Å². The number of aromatic amines is 1. The van der Waals surface area contributed by atoms with E-state index in [1.807, 2.05) is 24.3 Å². The second kappa shape index (κ2) is 6.16. The summed E-state index contributed by atoms with van der Waals surface area (Å²) in [6, 6.07) is 14.4. The Kier molecular flexibility index (Phi) is 3.70. The van der Waals surface area contributed by atoms with Crippen LogP contribution in [0.2, 0.25) is 0 Å². The van der Waals surface area contributed by atoms with Crippen LogP contribution >= 0.6 is 0 Å². The zero-order chi connectivity index (χ0) is 17.2. The number of hydrogen-bond donors (Lipinski definition) is 1. The van der Waals surface area contributed by atoms with Crippen molar-refractivity contribution in [3.63, 3.8) is 0 Å². The van der Waals surface area contributed by atoms with Crippen molar-refractivity contribution in [2.75, 3.05) is 0 Å². The molecule has 4 aromatic rings. The van der Waals surface area contributed by atoms with Crippen LogP contribution in [0.1, 0.15) is 21.6 Å². The van der Waals surface area contributed by atoms with E-state index in [9.17, 15) is 9.59 Å². The molecule has 0 spiro atoms. The summed E-state index contributed by atoms with van der Waals surface area (Å²) in [5, 5.41) is 7.16. The minimum absolute atomic E-state index is 0.0779. The molecule has 0 amide bonds. The van der Waals surface area contributed by atoms with Crippen LogP contribution in [0.25, 0.3) is 10.9 Å². The quantitative estimate of drug-likeness (QED) is 0.625. The summed E-state index contributed by atoms with van der Waals surface area (Å²) in [5.41, 5.74) is 2.63. The van der Waals surface area contributed by atoms with E-state index in [4.69, 9.17) is 0 Å². The lowest BCUT2D eigenvalue weighted by molar-refractivity contribution is 0.0960. The van der Waals surface area contributed by atoms with Gasteiger partial charge in [-0.05, 0) is 42.0 Å². The second-order valence-electron chi connectivity index (χ2n) is 5.67. The lowest BCUT2D eigenvalue weighted by atomic mass is 10.1. The van der Waals surface area contributed by atoms with E-state index < -0.39 is 0 Å². The van der Waals surface area contributed by atoms with Crippen molar-refractivity contribution in [3.05, 3.63) is 94.3 Å². The molecule has 3 aromatic heterocycles. The standard InChI is InChI=1S/C19H14N4O2/c24-18-15-4-3-9-20-17(15)16(21-22-18)12-13-5-7-14(8-6-13)19(25)23-10-1-2-11-23/h1-11H,12H2,(H,22,24). The van der Waals surface area contributed by atoms with E-state index in [0.29, 0.717) is 28.6 Å². The summed E-state index contributed by atoms with van der Waals surface area (Å²) in [6.07, 6.45) is 5.60. The molecule has 6 nitrogen and oxygen atoms in total. The Morgan fingerprint density at radius 3 is 2.56 bits per heavy atom. The molecule has 122 valence electrons. The molecule has 0 aliphatic heterocycles. The highest BCUT2D eigenvalue weighted by Gasteiger charge is 2.10. The zero-order valence-electron chi connectivity index (χ0n) is 13.2. The number of carbonyl (C=O) groups is 1. The second-order valence-corrected chi connectivity index (χ2v) is 5.67.